The van der Waals surface area contributed by atoms with E-state index in [1.54, 1.807) is 14.2 Å². The number of methoxy groups -OCH3 is 2. The van der Waals surface area contributed by atoms with E-state index in [9.17, 15) is 0 Å². The van der Waals surface area contributed by atoms with E-state index in [-0.39, 0.29) is 0 Å². The molecule has 0 radical (unpaired) electrons. The summed E-state index contributed by atoms with van der Waals surface area (Å²) in [6, 6.07) is 3.84. The van der Waals surface area contributed by atoms with Gasteiger partial charge in [-0.05, 0) is 18.9 Å². The topological polar surface area (TPSA) is 44.5 Å². The number of ether oxygens (including phenoxy) is 2. The zero-order valence-electron chi connectivity index (χ0n) is 11.1. The van der Waals surface area contributed by atoms with Crippen LogP contribution in [0.15, 0.2) is 17.0 Å². The molecule has 0 amide bonds. The van der Waals surface area contributed by atoms with E-state index in [1.165, 1.54) is 32.1 Å². The molecule has 0 heterocycles. The third-order valence-corrected chi connectivity index (χ3v) is 4.77. The summed E-state index contributed by atoms with van der Waals surface area (Å²) in [5, 5.41) is 0.694. The molecule has 4 heteroatoms. The molecular weight excluding hydrogens is 246 g/mol. The van der Waals surface area contributed by atoms with Gasteiger partial charge in [0.1, 0.15) is 0 Å². The molecule has 1 aromatic rings. The van der Waals surface area contributed by atoms with E-state index < -0.39 is 0 Å². The molecule has 2 rings (SSSR count). The lowest BCUT2D eigenvalue weighted by molar-refractivity contribution is 0.354. The zero-order valence-corrected chi connectivity index (χ0v) is 11.9. The molecule has 0 aromatic heterocycles. The first-order valence-electron chi connectivity index (χ1n) is 6.42. The van der Waals surface area contributed by atoms with Gasteiger partial charge < -0.3 is 15.2 Å². The Hall–Kier alpha value is -1.03. The maximum absolute atomic E-state index is 6.08. The van der Waals surface area contributed by atoms with Gasteiger partial charge in [0.05, 0.1) is 14.2 Å². The van der Waals surface area contributed by atoms with Crippen molar-refractivity contribution in [1.29, 1.82) is 0 Å². The molecule has 1 aromatic carbocycles. The Morgan fingerprint density at radius 2 is 1.67 bits per heavy atom. The molecule has 100 valence electrons. The van der Waals surface area contributed by atoms with Crippen LogP contribution in [0.3, 0.4) is 0 Å². The maximum Gasteiger partial charge on any atom is 0.162 e. The first kappa shape index (κ1) is 13.4. The predicted molar refractivity (Wildman–Crippen MR) is 76.7 cm³/mol. The van der Waals surface area contributed by atoms with E-state index in [2.05, 4.69) is 0 Å². The number of hydrogen-bond acceptors (Lipinski definition) is 4. The van der Waals surface area contributed by atoms with Gasteiger partial charge in [0.15, 0.2) is 11.5 Å². The highest BCUT2D eigenvalue weighted by molar-refractivity contribution is 8.00. The Morgan fingerprint density at radius 3 is 2.28 bits per heavy atom. The lowest BCUT2D eigenvalue weighted by Gasteiger charge is -2.22. The smallest absolute Gasteiger partial charge is 0.162 e. The number of anilines is 1. The Balaban J connectivity index is 2.16. The molecule has 18 heavy (non-hydrogen) atoms. The van der Waals surface area contributed by atoms with Crippen molar-refractivity contribution < 1.29 is 9.47 Å². The standard InChI is InChI=1S/C14H21NO2S/c1-16-12-8-11(15)14(9-13(12)17-2)18-10-6-4-3-5-7-10/h8-10H,3-7,15H2,1-2H3. The first-order chi connectivity index (χ1) is 8.74. The largest absolute Gasteiger partial charge is 0.493 e. The molecule has 0 bridgehead atoms. The Kier molecular flexibility index (Phi) is 4.64. The zero-order chi connectivity index (χ0) is 13.0. The Bertz CT molecular complexity index is 403. The van der Waals surface area contributed by atoms with Gasteiger partial charge in [0.2, 0.25) is 0 Å². The highest BCUT2D eigenvalue weighted by atomic mass is 32.2. The third-order valence-electron chi connectivity index (χ3n) is 3.36. The van der Waals surface area contributed by atoms with Crippen LogP contribution in [-0.2, 0) is 0 Å². The SMILES string of the molecule is COc1cc(N)c(SC2CCCCC2)cc1OC. The maximum atomic E-state index is 6.08. The molecule has 2 N–H and O–H groups in total. The second-order valence-corrected chi connectivity index (χ2v) is 5.97. The number of hydrogen-bond donors (Lipinski definition) is 1. The van der Waals surface area contributed by atoms with E-state index in [4.69, 9.17) is 15.2 Å². The summed E-state index contributed by atoms with van der Waals surface area (Å²) in [4.78, 5) is 1.11. The summed E-state index contributed by atoms with van der Waals surface area (Å²) in [5.41, 5.74) is 6.86. The van der Waals surface area contributed by atoms with Crippen molar-refractivity contribution in [3.8, 4) is 11.5 Å². The van der Waals surface area contributed by atoms with Crippen molar-refractivity contribution in [2.75, 3.05) is 20.0 Å². The van der Waals surface area contributed by atoms with Crippen molar-refractivity contribution in [3.63, 3.8) is 0 Å². The lowest BCUT2D eigenvalue weighted by atomic mass is 10.0. The second kappa shape index (κ2) is 6.23. The van der Waals surface area contributed by atoms with Crippen LogP contribution >= 0.6 is 11.8 Å². The van der Waals surface area contributed by atoms with E-state index in [0.29, 0.717) is 11.0 Å². The van der Waals surface area contributed by atoms with Crippen LogP contribution in [-0.4, -0.2) is 19.5 Å². The quantitative estimate of drug-likeness (QED) is 0.845. The molecule has 0 unspecified atom stereocenters. The molecule has 3 nitrogen and oxygen atoms in total. The number of nitrogens with two attached hydrogens (primary N) is 1. The van der Waals surface area contributed by atoms with Gasteiger partial charge in [-0.3, -0.25) is 0 Å². The molecule has 1 saturated carbocycles. The Morgan fingerprint density at radius 1 is 1.06 bits per heavy atom. The molecular formula is C14H21NO2S. The number of thioether (sulfide) groups is 1. The third kappa shape index (κ3) is 3.05. The van der Waals surface area contributed by atoms with Crippen LogP contribution in [0.5, 0.6) is 11.5 Å². The first-order valence-corrected chi connectivity index (χ1v) is 7.30. The monoisotopic (exact) mass is 267 g/mol. The highest BCUT2D eigenvalue weighted by Crippen LogP contribution is 2.41. The minimum absolute atomic E-state index is 0.694. The summed E-state index contributed by atoms with van der Waals surface area (Å²) in [6.07, 6.45) is 6.63. The summed E-state index contributed by atoms with van der Waals surface area (Å²) >= 11 is 1.88. The predicted octanol–water partition coefficient (Wildman–Crippen LogP) is 3.71. The van der Waals surface area contributed by atoms with Crippen LogP contribution in [0.4, 0.5) is 5.69 Å². The van der Waals surface area contributed by atoms with Gasteiger partial charge in [0, 0.05) is 21.9 Å². The van der Waals surface area contributed by atoms with Crippen LogP contribution in [0.25, 0.3) is 0 Å². The average Bonchev–Trinajstić information content (AvgIpc) is 2.41. The fourth-order valence-electron chi connectivity index (χ4n) is 2.34. The van der Waals surface area contributed by atoms with Crippen LogP contribution in [0.1, 0.15) is 32.1 Å². The van der Waals surface area contributed by atoms with Crippen molar-refractivity contribution >= 4 is 17.4 Å². The van der Waals surface area contributed by atoms with Crippen molar-refractivity contribution in [2.24, 2.45) is 0 Å². The number of nitrogen functional groups attached to an aromatic ring is 1. The molecule has 0 saturated heterocycles. The normalized spacial score (nSPS) is 16.6. The number of rotatable bonds is 4. The van der Waals surface area contributed by atoms with Crippen molar-refractivity contribution in [1.82, 2.24) is 0 Å². The molecule has 0 aliphatic heterocycles. The highest BCUT2D eigenvalue weighted by Gasteiger charge is 2.17. The summed E-state index contributed by atoms with van der Waals surface area (Å²) in [6.45, 7) is 0. The molecule has 1 fully saturated rings. The van der Waals surface area contributed by atoms with Crippen molar-refractivity contribution in [2.45, 2.75) is 42.2 Å². The van der Waals surface area contributed by atoms with E-state index in [0.717, 1.165) is 16.3 Å². The van der Waals surface area contributed by atoms with Gasteiger partial charge in [-0.2, -0.15) is 0 Å². The van der Waals surface area contributed by atoms with Gasteiger partial charge in [-0.15, -0.1) is 11.8 Å². The van der Waals surface area contributed by atoms with E-state index >= 15 is 0 Å². The molecule has 1 aliphatic carbocycles. The average molecular weight is 267 g/mol. The van der Waals surface area contributed by atoms with Crippen molar-refractivity contribution in [3.05, 3.63) is 12.1 Å². The number of benzene rings is 1. The Labute approximate surface area is 113 Å². The molecule has 1 aliphatic rings. The summed E-state index contributed by atoms with van der Waals surface area (Å²) in [7, 11) is 3.29. The minimum Gasteiger partial charge on any atom is -0.493 e. The fourth-order valence-corrected chi connectivity index (χ4v) is 3.64. The van der Waals surface area contributed by atoms with Crippen LogP contribution < -0.4 is 15.2 Å². The van der Waals surface area contributed by atoms with Gasteiger partial charge in [-0.25, -0.2) is 0 Å². The molecule has 0 spiro atoms. The van der Waals surface area contributed by atoms with Gasteiger partial charge >= 0.3 is 0 Å². The summed E-state index contributed by atoms with van der Waals surface area (Å²) < 4.78 is 10.6. The second-order valence-electron chi connectivity index (χ2n) is 4.62. The van der Waals surface area contributed by atoms with Crippen LogP contribution in [0, 0.1) is 0 Å². The lowest BCUT2D eigenvalue weighted by Crippen LogP contribution is -2.08. The van der Waals surface area contributed by atoms with Gasteiger partial charge in [-0.1, -0.05) is 19.3 Å². The molecule has 0 atom stereocenters. The minimum atomic E-state index is 0.694. The fraction of sp³-hybridized carbons (Fsp3) is 0.571. The summed E-state index contributed by atoms with van der Waals surface area (Å²) in [5.74, 6) is 1.45. The van der Waals surface area contributed by atoms with Gasteiger partial charge in [0.25, 0.3) is 0 Å². The van der Waals surface area contributed by atoms with Crippen LogP contribution in [0.2, 0.25) is 0 Å². The van der Waals surface area contributed by atoms with E-state index in [1.807, 2.05) is 23.9 Å².